The number of hydrogen-bond acceptors (Lipinski definition) is 2. The summed E-state index contributed by atoms with van der Waals surface area (Å²) in [4.78, 5) is 0. The number of hydrogen-bond donors (Lipinski definition) is 1. The molecule has 3 nitrogen and oxygen atoms in total. The van der Waals surface area contributed by atoms with Crippen molar-refractivity contribution in [2.75, 3.05) is 6.54 Å². The molecule has 106 valence electrons. The molecule has 0 spiro atoms. The topological polar surface area (TPSA) is 29.9 Å². The molecule has 0 amide bonds. The summed E-state index contributed by atoms with van der Waals surface area (Å²) in [5.74, 6) is 0.780. The number of aromatic nitrogens is 2. The van der Waals surface area contributed by atoms with Crippen molar-refractivity contribution in [3.8, 4) is 0 Å². The zero-order valence-electron chi connectivity index (χ0n) is 11.5. The van der Waals surface area contributed by atoms with Gasteiger partial charge in [0.1, 0.15) is 0 Å². The Balaban J connectivity index is 1.42. The van der Waals surface area contributed by atoms with Gasteiger partial charge in [0.05, 0.1) is 11.7 Å². The van der Waals surface area contributed by atoms with Crippen LogP contribution in [-0.4, -0.2) is 21.7 Å². The van der Waals surface area contributed by atoms with Crippen molar-refractivity contribution in [1.29, 1.82) is 0 Å². The molecule has 0 saturated heterocycles. The van der Waals surface area contributed by atoms with E-state index in [1.165, 1.54) is 50.6 Å². The fraction of sp³-hybridized carbons (Fsp3) is 0.800. The summed E-state index contributed by atoms with van der Waals surface area (Å²) in [6.07, 6.45) is 11.2. The maximum atomic E-state index is 5.99. The fourth-order valence-corrected chi connectivity index (χ4v) is 3.75. The molecule has 1 aromatic rings. The van der Waals surface area contributed by atoms with Crippen molar-refractivity contribution in [2.45, 2.75) is 62.9 Å². The first-order chi connectivity index (χ1) is 9.31. The SMILES string of the molecule is ClC1CC(CNCc2ccn(C3CCCCC3)n2)C1. The zero-order chi connectivity index (χ0) is 13.1. The smallest absolute Gasteiger partial charge is 0.0762 e. The van der Waals surface area contributed by atoms with Gasteiger partial charge >= 0.3 is 0 Å². The van der Waals surface area contributed by atoms with Crippen LogP contribution in [0.2, 0.25) is 0 Å². The van der Waals surface area contributed by atoms with E-state index in [-0.39, 0.29) is 0 Å². The first kappa shape index (κ1) is 13.4. The number of rotatable bonds is 5. The molecule has 2 aliphatic rings. The Bertz CT molecular complexity index is 392. The van der Waals surface area contributed by atoms with Crippen molar-refractivity contribution in [1.82, 2.24) is 15.1 Å². The van der Waals surface area contributed by atoms with E-state index >= 15 is 0 Å². The van der Waals surface area contributed by atoms with Crippen LogP contribution in [0.3, 0.4) is 0 Å². The molecular weight excluding hydrogens is 258 g/mol. The number of nitrogens with zero attached hydrogens (tertiary/aromatic N) is 2. The lowest BCUT2D eigenvalue weighted by Gasteiger charge is -2.30. The molecule has 2 fully saturated rings. The van der Waals surface area contributed by atoms with Crippen LogP contribution in [0.5, 0.6) is 0 Å². The van der Waals surface area contributed by atoms with E-state index in [9.17, 15) is 0 Å². The summed E-state index contributed by atoms with van der Waals surface area (Å²) in [7, 11) is 0. The van der Waals surface area contributed by atoms with Crippen LogP contribution >= 0.6 is 11.6 Å². The van der Waals surface area contributed by atoms with Crippen molar-refractivity contribution < 1.29 is 0 Å². The molecule has 1 aromatic heterocycles. The van der Waals surface area contributed by atoms with Gasteiger partial charge in [-0.2, -0.15) is 5.10 Å². The number of nitrogens with one attached hydrogen (secondary N) is 1. The van der Waals surface area contributed by atoms with Gasteiger partial charge in [-0.05, 0) is 44.2 Å². The second-order valence-electron chi connectivity index (χ2n) is 6.14. The minimum Gasteiger partial charge on any atom is -0.311 e. The van der Waals surface area contributed by atoms with Gasteiger partial charge in [0.15, 0.2) is 0 Å². The predicted molar refractivity (Wildman–Crippen MR) is 78.4 cm³/mol. The summed E-state index contributed by atoms with van der Waals surface area (Å²) in [6, 6.07) is 2.80. The minimum absolute atomic E-state index is 0.428. The van der Waals surface area contributed by atoms with Crippen LogP contribution in [0.25, 0.3) is 0 Å². The molecule has 4 heteroatoms. The third-order valence-electron chi connectivity index (χ3n) is 4.53. The van der Waals surface area contributed by atoms with Crippen molar-refractivity contribution in [3.05, 3.63) is 18.0 Å². The van der Waals surface area contributed by atoms with Gasteiger partial charge < -0.3 is 5.32 Å². The highest BCUT2D eigenvalue weighted by molar-refractivity contribution is 6.21. The summed E-state index contributed by atoms with van der Waals surface area (Å²) in [5.41, 5.74) is 1.17. The Morgan fingerprint density at radius 2 is 2.05 bits per heavy atom. The number of halogens is 1. The lowest BCUT2D eigenvalue weighted by Crippen LogP contribution is -2.33. The molecule has 0 radical (unpaired) electrons. The zero-order valence-corrected chi connectivity index (χ0v) is 12.3. The van der Waals surface area contributed by atoms with Gasteiger partial charge in [-0.15, -0.1) is 11.6 Å². The Morgan fingerprint density at radius 3 is 2.79 bits per heavy atom. The van der Waals surface area contributed by atoms with Crippen LogP contribution in [0.4, 0.5) is 0 Å². The summed E-state index contributed by atoms with van der Waals surface area (Å²) < 4.78 is 2.19. The molecule has 2 aliphatic carbocycles. The van der Waals surface area contributed by atoms with Crippen LogP contribution in [-0.2, 0) is 6.54 Å². The summed E-state index contributed by atoms with van der Waals surface area (Å²) in [6.45, 7) is 1.97. The molecule has 0 aliphatic heterocycles. The van der Waals surface area contributed by atoms with E-state index in [2.05, 4.69) is 22.3 Å². The van der Waals surface area contributed by atoms with Crippen molar-refractivity contribution in [2.24, 2.45) is 5.92 Å². The molecule has 3 rings (SSSR count). The van der Waals surface area contributed by atoms with Crippen LogP contribution in [0.15, 0.2) is 12.3 Å². The predicted octanol–water partition coefficient (Wildman–Crippen LogP) is 3.50. The summed E-state index contributed by atoms with van der Waals surface area (Å²) >= 11 is 5.99. The van der Waals surface area contributed by atoms with Gasteiger partial charge in [-0.3, -0.25) is 4.68 Å². The largest absolute Gasteiger partial charge is 0.311 e. The third kappa shape index (κ3) is 3.51. The molecule has 0 bridgehead atoms. The molecule has 2 saturated carbocycles. The van der Waals surface area contributed by atoms with Crippen LogP contribution in [0, 0.1) is 5.92 Å². The van der Waals surface area contributed by atoms with Crippen molar-refractivity contribution in [3.63, 3.8) is 0 Å². The lowest BCUT2D eigenvalue weighted by atomic mass is 9.85. The average Bonchev–Trinajstić information content (AvgIpc) is 2.86. The second-order valence-corrected chi connectivity index (χ2v) is 6.76. The standard InChI is InChI=1S/C15H24ClN3/c16-13-8-12(9-13)10-17-11-14-6-7-19(18-14)15-4-2-1-3-5-15/h6-7,12-13,15,17H,1-5,8-11H2. The van der Waals surface area contributed by atoms with E-state index in [0.29, 0.717) is 11.4 Å². The molecule has 0 atom stereocenters. The molecule has 19 heavy (non-hydrogen) atoms. The molecule has 1 N–H and O–H groups in total. The van der Waals surface area contributed by atoms with E-state index in [4.69, 9.17) is 16.7 Å². The highest BCUT2D eigenvalue weighted by Gasteiger charge is 2.26. The first-order valence-corrected chi connectivity index (χ1v) is 8.14. The van der Waals surface area contributed by atoms with E-state index < -0.39 is 0 Å². The van der Waals surface area contributed by atoms with Crippen LogP contribution in [0.1, 0.15) is 56.7 Å². The fourth-order valence-electron chi connectivity index (χ4n) is 3.25. The second kappa shape index (κ2) is 6.27. The molecule has 1 heterocycles. The number of alkyl halides is 1. The third-order valence-corrected chi connectivity index (χ3v) is 4.89. The Labute approximate surface area is 120 Å². The van der Waals surface area contributed by atoms with E-state index in [0.717, 1.165) is 19.0 Å². The van der Waals surface area contributed by atoms with Crippen molar-refractivity contribution >= 4 is 11.6 Å². The minimum atomic E-state index is 0.428. The normalized spacial score (nSPS) is 28.3. The van der Waals surface area contributed by atoms with Gasteiger partial charge in [-0.1, -0.05) is 19.3 Å². The molecule has 0 unspecified atom stereocenters. The van der Waals surface area contributed by atoms with Gasteiger partial charge in [-0.25, -0.2) is 0 Å². The van der Waals surface area contributed by atoms with E-state index in [1.54, 1.807) is 0 Å². The Morgan fingerprint density at radius 1 is 1.26 bits per heavy atom. The maximum absolute atomic E-state index is 5.99. The lowest BCUT2D eigenvalue weighted by molar-refractivity contribution is 0.306. The Hall–Kier alpha value is -0.540. The quantitative estimate of drug-likeness (QED) is 0.837. The summed E-state index contributed by atoms with van der Waals surface area (Å²) in [5, 5.41) is 8.65. The Kier molecular flexibility index (Phi) is 4.44. The highest BCUT2D eigenvalue weighted by Crippen LogP contribution is 2.31. The van der Waals surface area contributed by atoms with Gasteiger partial charge in [0, 0.05) is 18.1 Å². The maximum Gasteiger partial charge on any atom is 0.0762 e. The van der Waals surface area contributed by atoms with Gasteiger partial charge in [0.2, 0.25) is 0 Å². The molecular formula is C15H24ClN3. The van der Waals surface area contributed by atoms with E-state index in [1.807, 2.05) is 0 Å². The highest BCUT2D eigenvalue weighted by atomic mass is 35.5. The monoisotopic (exact) mass is 281 g/mol. The van der Waals surface area contributed by atoms with Gasteiger partial charge in [0.25, 0.3) is 0 Å². The molecule has 0 aromatic carbocycles. The van der Waals surface area contributed by atoms with Crippen LogP contribution < -0.4 is 5.32 Å². The first-order valence-electron chi connectivity index (χ1n) is 7.70. The average molecular weight is 282 g/mol.